The normalized spacial score (nSPS) is 17.7. The van der Waals surface area contributed by atoms with E-state index in [9.17, 15) is 18.0 Å². The van der Waals surface area contributed by atoms with E-state index in [1.807, 2.05) is 0 Å². The average molecular weight is 321 g/mol. The quantitative estimate of drug-likeness (QED) is 0.781. The number of aromatic nitrogens is 1. The van der Waals surface area contributed by atoms with E-state index < -0.39 is 12.1 Å². The van der Waals surface area contributed by atoms with E-state index in [4.69, 9.17) is 11.6 Å². The standard InChI is InChI=1S/C12H12ClF3N4O/c1-19-4-5-20(7-8-2-3-9(13)17-6-8)11(19)18-10(21)12(14,15)16/h2-3,6H,4-5,7H2,1H3. The number of pyridine rings is 1. The minimum atomic E-state index is -4.97. The fourth-order valence-electron chi connectivity index (χ4n) is 1.89. The molecule has 1 amide bonds. The molecule has 0 unspecified atom stereocenters. The molecule has 1 aromatic rings. The number of aliphatic imine (C=N–C) groups is 1. The second-order valence-electron chi connectivity index (χ2n) is 4.55. The summed E-state index contributed by atoms with van der Waals surface area (Å²) in [5.41, 5.74) is 0.766. The zero-order valence-electron chi connectivity index (χ0n) is 11.1. The number of guanidine groups is 1. The molecule has 1 aromatic heterocycles. The van der Waals surface area contributed by atoms with Crippen LogP contribution in [0.5, 0.6) is 0 Å². The van der Waals surface area contributed by atoms with Crippen molar-refractivity contribution >= 4 is 23.5 Å². The molecule has 0 N–H and O–H groups in total. The third kappa shape index (κ3) is 3.84. The lowest BCUT2D eigenvalue weighted by atomic mass is 10.3. The maximum atomic E-state index is 12.3. The molecule has 2 rings (SSSR count). The highest BCUT2D eigenvalue weighted by Gasteiger charge is 2.40. The molecular weight excluding hydrogens is 309 g/mol. The Balaban J connectivity index is 2.17. The minimum Gasteiger partial charge on any atom is -0.344 e. The SMILES string of the molecule is CN1CCN(Cc2ccc(Cl)nc2)C1=NC(=O)C(F)(F)F. The number of carbonyl (C=O) groups excluding carboxylic acids is 1. The first-order valence-electron chi connectivity index (χ1n) is 6.04. The molecule has 0 radical (unpaired) electrons. The lowest BCUT2D eigenvalue weighted by Gasteiger charge is -2.20. The van der Waals surface area contributed by atoms with Crippen molar-refractivity contribution in [2.75, 3.05) is 20.1 Å². The first-order chi connectivity index (χ1) is 9.77. The molecule has 1 fully saturated rings. The van der Waals surface area contributed by atoms with Gasteiger partial charge in [-0.3, -0.25) is 4.79 Å². The van der Waals surface area contributed by atoms with E-state index in [1.165, 1.54) is 11.1 Å². The molecule has 1 aliphatic heterocycles. The van der Waals surface area contributed by atoms with Gasteiger partial charge >= 0.3 is 12.1 Å². The summed E-state index contributed by atoms with van der Waals surface area (Å²) in [5, 5.41) is 0.332. The van der Waals surface area contributed by atoms with Crippen molar-refractivity contribution in [2.24, 2.45) is 4.99 Å². The van der Waals surface area contributed by atoms with Gasteiger partial charge in [0.15, 0.2) is 0 Å². The average Bonchev–Trinajstić information content (AvgIpc) is 2.73. The van der Waals surface area contributed by atoms with Crippen LogP contribution in [0.2, 0.25) is 5.15 Å². The maximum Gasteiger partial charge on any atom is 0.473 e. The molecule has 0 bridgehead atoms. The van der Waals surface area contributed by atoms with Gasteiger partial charge in [-0.25, -0.2) is 4.98 Å². The van der Waals surface area contributed by atoms with Crippen molar-refractivity contribution in [1.29, 1.82) is 0 Å². The Morgan fingerprint density at radius 1 is 1.43 bits per heavy atom. The molecule has 1 saturated heterocycles. The lowest BCUT2D eigenvalue weighted by molar-refractivity contribution is -0.169. The molecule has 0 saturated carbocycles. The fraction of sp³-hybridized carbons (Fsp3) is 0.417. The number of nitrogens with zero attached hydrogens (tertiary/aromatic N) is 4. The molecule has 0 atom stereocenters. The van der Waals surface area contributed by atoms with Crippen molar-refractivity contribution in [2.45, 2.75) is 12.7 Å². The zero-order chi connectivity index (χ0) is 15.6. The van der Waals surface area contributed by atoms with Crippen molar-refractivity contribution in [1.82, 2.24) is 14.8 Å². The summed E-state index contributed by atoms with van der Waals surface area (Å²) >= 11 is 5.67. The molecule has 114 valence electrons. The number of carbonyl (C=O) groups is 1. The van der Waals surface area contributed by atoms with E-state index >= 15 is 0 Å². The van der Waals surface area contributed by atoms with Crippen LogP contribution in [0.4, 0.5) is 13.2 Å². The van der Waals surface area contributed by atoms with Gasteiger partial charge in [-0.15, -0.1) is 0 Å². The number of amides is 1. The predicted molar refractivity (Wildman–Crippen MR) is 70.8 cm³/mol. The largest absolute Gasteiger partial charge is 0.473 e. The van der Waals surface area contributed by atoms with Crippen LogP contribution in [0.1, 0.15) is 5.56 Å². The first-order valence-corrected chi connectivity index (χ1v) is 6.41. The Kier molecular flexibility index (Phi) is 4.36. The summed E-state index contributed by atoms with van der Waals surface area (Å²) in [7, 11) is 1.59. The highest BCUT2D eigenvalue weighted by atomic mass is 35.5. The molecular formula is C12H12ClF3N4O. The Morgan fingerprint density at radius 2 is 2.14 bits per heavy atom. The van der Waals surface area contributed by atoms with Crippen LogP contribution in [0, 0.1) is 0 Å². The van der Waals surface area contributed by atoms with Crippen LogP contribution in [-0.4, -0.2) is 53.0 Å². The van der Waals surface area contributed by atoms with Gasteiger partial charge < -0.3 is 9.80 Å². The van der Waals surface area contributed by atoms with Gasteiger partial charge in [0.2, 0.25) is 5.96 Å². The fourth-order valence-corrected chi connectivity index (χ4v) is 2.00. The number of halogens is 4. The molecule has 21 heavy (non-hydrogen) atoms. The Morgan fingerprint density at radius 3 is 2.71 bits per heavy atom. The number of hydrogen-bond donors (Lipinski definition) is 0. The summed E-state index contributed by atoms with van der Waals surface area (Å²) in [6, 6.07) is 3.31. The number of hydrogen-bond acceptors (Lipinski definition) is 2. The topological polar surface area (TPSA) is 48.8 Å². The van der Waals surface area contributed by atoms with Crippen LogP contribution in [0.25, 0.3) is 0 Å². The summed E-state index contributed by atoms with van der Waals surface area (Å²) in [6.07, 6.45) is -3.44. The van der Waals surface area contributed by atoms with Gasteiger partial charge in [0.25, 0.3) is 0 Å². The van der Waals surface area contributed by atoms with Gasteiger partial charge in [0.1, 0.15) is 5.15 Å². The maximum absolute atomic E-state index is 12.3. The van der Waals surface area contributed by atoms with E-state index in [0.29, 0.717) is 24.8 Å². The van der Waals surface area contributed by atoms with Crippen molar-refractivity contribution in [3.05, 3.63) is 29.0 Å². The number of likely N-dealkylation sites (N-methyl/N-ethyl adjacent to an activating group) is 1. The van der Waals surface area contributed by atoms with Crippen molar-refractivity contribution < 1.29 is 18.0 Å². The Hall–Kier alpha value is -1.83. The number of alkyl halides is 3. The van der Waals surface area contributed by atoms with Crippen molar-refractivity contribution in [3.63, 3.8) is 0 Å². The van der Waals surface area contributed by atoms with E-state index in [1.54, 1.807) is 24.1 Å². The molecule has 9 heteroatoms. The molecule has 0 aromatic carbocycles. The second kappa shape index (κ2) is 5.88. The van der Waals surface area contributed by atoms with Crippen LogP contribution < -0.4 is 0 Å². The van der Waals surface area contributed by atoms with Gasteiger partial charge in [-0.2, -0.15) is 18.2 Å². The van der Waals surface area contributed by atoms with E-state index in [0.717, 1.165) is 5.56 Å². The summed E-state index contributed by atoms with van der Waals surface area (Å²) in [6.45, 7) is 1.27. The van der Waals surface area contributed by atoms with Gasteiger partial charge in [0.05, 0.1) is 0 Å². The van der Waals surface area contributed by atoms with Crippen LogP contribution in [0.15, 0.2) is 23.3 Å². The highest BCUT2D eigenvalue weighted by molar-refractivity contribution is 6.29. The predicted octanol–water partition coefficient (Wildman–Crippen LogP) is 1.93. The van der Waals surface area contributed by atoms with Gasteiger partial charge in [0, 0.05) is 32.9 Å². The monoisotopic (exact) mass is 320 g/mol. The Bertz CT molecular complexity index is 559. The smallest absolute Gasteiger partial charge is 0.344 e. The lowest BCUT2D eigenvalue weighted by Crippen LogP contribution is -2.34. The van der Waals surface area contributed by atoms with E-state index in [2.05, 4.69) is 9.98 Å². The highest BCUT2D eigenvalue weighted by Crippen LogP contribution is 2.19. The van der Waals surface area contributed by atoms with Gasteiger partial charge in [-0.05, 0) is 11.6 Å². The van der Waals surface area contributed by atoms with Gasteiger partial charge in [-0.1, -0.05) is 17.7 Å². The van der Waals surface area contributed by atoms with Crippen LogP contribution in [0.3, 0.4) is 0 Å². The van der Waals surface area contributed by atoms with Crippen LogP contribution >= 0.6 is 11.6 Å². The third-order valence-corrected chi connectivity index (χ3v) is 3.16. The molecule has 1 aliphatic rings. The molecule has 0 spiro atoms. The van der Waals surface area contributed by atoms with Crippen LogP contribution in [-0.2, 0) is 11.3 Å². The second-order valence-corrected chi connectivity index (χ2v) is 4.93. The summed E-state index contributed by atoms with van der Waals surface area (Å²) in [4.78, 5) is 21.2. The first kappa shape index (κ1) is 15.6. The molecule has 2 heterocycles. The molecule has 5 nitrogen and oxygen atoms in total. The summed E-state index contributed by atoms with van der Waals surface area (Å²) < 4.78 is 36.9. The summed E-state index contributed by atoms with van der Waals surface area (Å²) in [5.74, 6) is -2.10. The molecule has 0 aliphatic carbocycles. The zero-order valence-corrected chi connectivity index (χ0v) is 11.8. The van der Waals surface area contributed by atoms with E-state index in [-0.39, 0.29) is 5.96 Å². The minimum absolute atomic E-state index is 0.00674. The van der Waals surface area contributed by atoms with Crippen molar-refractivity contribution in [3.8, 4) is 0 Å². The Labute approximate surface area is 124 Å². The number of rotatable bonds is 2. The third-order valence-electron chi connectivity index (χ3n) is 2.94.